The molecule has 0 radical (unpaired) electrons. The average molecular weight is 786 g/mol. The van der Waals surface area contributed by atoms with Crippen molar-refractivity contribution in [2.75, 3.05) is 4.90 Å². The van der Waals surface area contributed by atoms with Crippen LogP contribution in [0.4, 0.5) is 17.1 Å². The molecule has 0 aromatic heterocycles. The van der Waals surface area contributed by atoms with E-state index in [4.69, 9.17) is 0 Å². The van der Waals surface area contributed by atoms with Gasteiger partial charge in [-0.15, -0.1) is 0 Å². The van der Waals surface area contributed by atoms with Crippen LogP contribution in [0.3, 0.4) is 0 Å². The molecule has 2 aliphatic carbocycles. The third-order valence-corrected chi connectivity index (χ3v) is 18.2. The minimum atomic E-state index is -1.99. The summed E-state index contributed by atoms with van der Waals surface area (Å²) in [6, 6.07) is 67.3. The van der Waals surface area contributed by atoms with Gasteiger partial charge in [-0.1, -0.05) is 186 Å². The maximum atomic E-state index is 2.61. The summed E-state index contributed by atoms with van der Waals surface area (Å²) in [6.45, 7) is 14.6. The zero-order valence-electron chi connectivity index (χ0n) is 35.2. The van der Waals surface area contributed by atoms with Crippen LogP contribution in [-0.2, 0) is 10.8 Å². The van der Waals surface area contributed by atoms with Gasteiger partial charge in [-0.25, -0.2) is 0 Å². The Morgan fingerprint density at radius 1 is 0.367 bits per heavy atom. The summed E-state index contributed by atoms with van der Waals surface area (Å²) in [4.78, 5) is 2.61. The Morgan fingerprint density at radius 2 is 0.800 bits per heavy atom. The molecule has 1 nitrogen and oxygen atoms in total. The van der Waals surface area contributed by atoms with E-state index >= 15 is 0 Å². The first-order chi connectivity index (χ1) is 29.0. The molecule has 12 rings (SSSR count). The second-order valence-electron chi connectivity index (χ2n) is 18.9. The minimum Gasteiger partial charge on any atom is -0.309 e. The lowest BCUT2D eigenvalue weighted by Crippen LogP contribution is -2.58. The normalized spacial score (nSPS) is 15.9. The fourth-order valence-electron chi connectivity index (χ4n) is 11.5. The van der Waals surface area contributed by atoms with Crippen molar-refractivity contribution in [3.8, 4) is 44.5 Å². The summed E-state index contributed by atoms with van der Waals surface area (Å²) in [7, 11) is -1.99. The Kier molecular flexibility index (Phi) is 7.26. The van der Waals surface area contributed by atoms with Gasteiger partial charge in [0.25, 0.3) is 0 Å². The molecule has 0 unspecified atom stereocenters. The van der Waals surface area contributed by atoms with Crippen molar-refractivity contribution in [3.05, 3.63) is 198 Å². The summed E-state index contributed by atoms with van der Waals surface area (Å²) in [5.41, 5.74) is 19.7. The average Bonchev–Trinajstić information content (AvgIpc) is 3.65. The van der Waals surface area contributed by atoms with Crippen LogP contribution >= 0.6 is 0 Å². The van der Waals surface area contributed by atoms with Crippen molar-refractivity contribution in [3.63, 3.8) is 0 Å². The second-order valence-corrected chi connectivity index (χ2v) is 23.2. The standard InChI is InChI=1S/C58H47NSi/c1-57(2)47-21-11-9-17-39(47)41-30-27-37(34-49(41)57)36-28-32-45-46(33-36)55(38-29-31-42-40-18-10-12-22-48(40)58(3,4)50(42)35-38)43-19-7-8-20-44(43)56(45)59-51-23-13-15-25-53(51)60(5,6)54-26-16-14-24-52(54)59/h7-35H,1-6H3. The minimum absolute atomic E-state index is 0.0751. The largest absolute Gasteiger partial charge is 0.309 e. The molecule has 0 fully saturated rings. The summed E-state index contributed by atoms with van der Waals surface area (Å²) < 4.78 is 0. The molecular weight excluding hydrogens is 739 g/mol. The SMILES string of the molecule is CC1(C)c2ccccc2-c2ccc(-c3ccc4c(N5c6ccccc6[Si](C)(C)c6ccccc65)c5ccccc5c(-c5ccc6c(c5)C(C)(C)c5ccccc5-6)c4c3)cc21. The van der Waals surface area contributed by atoms with Crippen LogP contribution in [0, 0.1) is 0 Å². The van der Waals surface area contributed by atoms with Crippen LogP contribution < -0.4 is 15.3 Å². The van der Waals surface area contributed by atoms with E-state index in [9.17, 15) is 0 Å². The number of hydrogen-bond acceptors (Lipinski definition) is 1. The number of para-hydroxylation sites is 2. The van der Waals surface area contributed by atoms with E-state index in [1.807, 2.05) is 0 Å². The molecule has 0 N–H and O–H groups in total. The van der Waals surface area contributed by atoms with Crippen molar-refractivity contribution in [2.24, 2.45) is 0 Å². The molecule has 0 atom stereocenters. The molecule has 288 valence electrons. The lowest BCUT2D eigenvalue weighted by atomic mass is 9.80. The number of anilines is 3. The molecule has 0 bridgehead atoms. The third-order valence-electron chi connectivity index (χ3n) is 14.6. The maximum absolute atomic E-state index is 2.61. The third kappa shape index (κ3) is 4.68. The van der Waals surface area contributed by atoms with Crippen LogP contribution in [0.25, 0.3) is 66.1 Å². The van der Waals surface area contributed by atoms with Crippen LogP contribution in [0.5, 0.6) is 0 Å². The molecule has 2 heteroatoms. The predicted octanol–water partition coefficient (Wildman–Crippen LogP) is 14.5. The van der Waals surface area contributed by atoms with Gasteiger partial charge in [-0.3, -0.25) is 0 Å². The lowest BCUT2D eigenvalue weighted by Gasteiger charge is -2.42. The fourth-order valence-corrected chi connectivity index (χ4v) is 14.5. The molecule has 1 aliphatic heterocycles. The molecule has 3 aliphatic rings. The molecule has 0 amide bonds. The molecule has 9 aromatic carbocycles. The molecule has 0 spiro atoms. The van der Waals surface area contributed by atoms with Crippen LogP contribution in [-0.4, -0.2) is 8.07 Å². The van der Waals surface area contributed by atoms with E-state index in [0.29, 0.717) is 0 Å². The smallest absolute Gasteiger partial charge is 0.117 e. The maximum Gasteiger partial charge on any atom is 0.117 e. The predicted molar refractivity (Wildman–Crippen MR) is 259 cm³/mol. The van der Waals surface area contributed by atoms with Crippen molar-refractivity contribution in [2.45, 2.75) is 51.6 Å². The van der Waals surface area contributed by atoms with E-state index in [2.05, 4.69) is 222 Å². The van der Waals surface area contributed by atoms with E-state index in [1.165, 1.54) is 116 Å². The molecular formula is C58H47NSi. The van der Waals surface area contributed by atoms with Gasteiger partial charge in [0, 0.05) is 33.0 Å². The summed E-state index contributed by atoms with van der Waals surface area (Å²) >= 11 is 0. The molecule has 9 aromatic rings. The first-order valence-corrected chi connectivity index (χ1v) is 24.5. The highest BCUT2D eigenvalue weighted by molar-refractivity contribution is 7.02. The number of fused-ring (bicyclic) bond motifs is 10. The van der Waals surface area contributed by atoms with Gasteiger partial charge in [0.1, 0.15) is 8.07 Å². The van der Waals surface area contributed by atoms with Gasteiger partial charge in [0.2, 0.25) is 0 Å². The van der Waals surface area contributed by atoms with Crippen molar-refractivity contribution in [1.29, 1.82) is 0 Å². The summed E-state index contributed by atoms with van der Waals surface area (Å²) in [5, 5.41) is 8.02. The van der Waals surface area contributed by atoms with Gasteiger partial charge in [-0.05, 0) is 118 Å². The van der Waals surface area contributed by atoms with Gasteiger partial charge in [0.05, 0.1) is 5.69 Å². The van der Waals surface area contributed by atoms with Gasteiger partial charge >= 0.3 is 0 Å². The quantitative estimate of drug-likeness (QED) is 0.127. The van der Waals surface area contributed by atoms with Crippen molar-refractivity contribution < 1.29 is 0 Å². The van der Waals surface area contributed by atoms with E-state index in [0.717, 1.165) is 0 Å². The Hall–Kier alpha value is -6.48. The number of nitrogens with zero attached hydrogens (tertiary/aromatic N) is 1. The van der Waals surface area contributed by atoms with Gasteiger partial charge in [-0.2, -0.15) is 0 Å². The Bertz CT molecular complexity index is 3260. The van der Waals surface area contributed by atoms with Crippen LogP contribution in [0.1, 0.15) is 49.9 Å². The number of hydrogen-bond donors (Lipinski definition) is 0. The molecule has 0 saturated carbocycles. The topological polar surface area (TPSA) is 3.24 Å². The molecule has 0 saturated heterocycles. The highest BCUT2D eigenvalue weighted by Crippen LogP contribution is 2.54. The highest BCUT2D eigenvalue weighted by Gasteiger charge is 2.40. The van der Waals surface area contributed by atoms with Crippen molar-refractivity contribution in [1.82, 2.24) is 0 Å². The zero-order chi connectivity index (χ0) is 40.7. The van der Waals surface area contributed by atoms with Crippen LogP contribution in [0.2, 0.25) is 13.1 Å². The van der Waals surface area contributed by atoms with E-state index in [1.54, 1.807) is 0 Å². The number of benzene rings is 9. The van der Waals surface area contributed by atoms with Crippen LogP contribution in [0.15, 0.2) is 176 Å². The van der Waals surface area contributed by atoms with Crippen molar-refractivity contribution >= 4 is 57.1 Å². The van der Waals surface area contributed by atoms with Gasteiger partial charge < -0.3 is 4.90 Å². The molecule has 1 heterocycles. The number of rotatable bonds is 3. The van der Waals surface area contributed by atoms with E-state index in [-0.39, 0.29) is 10.8 Å². The first-order valence-electron chi connectivity index (χ1n) is 21.5. The summed E-state index contributed by atoms with van der Waals surface area (Å²) in [5.74, 6) is 0. The Labute approximate surface area is 354 Å². The Morgan fingerprint density at radius 3 is 1.42 bits per heavy atom. The Balaban J connectivity index is 1.17. The fraction of sp³-hybridized carbons (Fsp3) is 0.138. The van der Waals surface area contributed by atoms with E-state index < -0.39 is 8.07 Å². The highest BCUT2D eigenvalue weighted by atomic mass is 28.3. The van der Waals surface area contributed by atoms with Gasteiger partial charge in [0.15, 0.2) is 0 Å². The lowest BCUT2D eigenvalue weighted by molar-refractivity contribution is 0.660. The monoisotopic (exact) mass is 785 g/mol. The first kappa shape index (κ1) is 35.5. The summed E-state index contributed by atoms with van der Waals surface area (Å²) in [6.07, 6.45) is 0. The second kappa shape index (κ2) is 12.3. The molecule has 60 heavy (non-hydrogen) atoms. The zero-order valence-corrected chi connectivity index (χ0v) is 36.2.